The van der Waals surface area contributed by atoms with E-state index in [0.717, 1.165) is 4.47 Å². The lowest BCUT2D eigenvalue weighted by molar-refractivity contribution is 0.101. The number of hydrogen-bond donors (Lipinski definition) is 2. The monoisotopic (exact) mass is 465 g/mol. The number of anilines is 2. The zero-order valence-electron chi connectivity index (χ0n) is 14.9. The number of ether oxygens (including phenoxy) is 1. The summed E-state index contributed by atoms with van der Waals surface area (Å²) in [5, 5.41) is 6.22. The third-order valence-corrected chi connectivity index (χ3v) is 5.60. The normalized spacial score (nSPS) is 11.1. The Balaban J connectivity index is 1.89. The molecule has 3 aromatic rings. The maximum atomic E-state index is 12.8. The maximum Gasteiger partial charge on any atom is 0.277 e. The molecule has 28 heavy (non-hydrogen) atoms. The second-order valence-electron chi connectivity index (χ2n) is 5.75. The number of hydrogen-bond acceptors (Lipinski definition) is 6. The largest absolute Gasteiger partial charge is 0.495 e. The van der Waals surface area contributed by atoms with Crippen LogP contribution in [-0.4, -0.2) is 26.6 Å². The minimum Gasteiger partial charge on any atom is -0.495 e. The molecule has 2 N–H and O–H groups in total. The van der Waals surface area contributed by atoms with E-state index < -0.39 is 15.9 Å². The molecule has 1 heterocycles. The van der Waals surface area contributed by atoms with Gasteiger partial charge in [-0.1, -0.05) is 21.1 Å². The lowest BCUT2D eigenvalue weighted by Gasteiger charge is -2.13. The highest BCUT2D eigenvalue weighted by Gasteiger charge is 2.21. The van der Waals surface area contributed by atoms with Crippen LogP contribution in [0.4, 0.5) is 11.4 Å². The van der Waals surface area contributed by atoms with E-state index in [4.69, 9.17) is 9.26 Å². The fourth-order valence-electron chi connectivity index (χ4n) is 2.36. The van der Waals surface area contributed by atoms with Crippen LogP contribution in [0.2, 0.25) is 0 Å². The molecule has 2 aromatic carbocycles. The number of rotatable bonds is 6. The van der Waals surface area contributed by atoms with Gasteiger partial charge in [0.25, 0.3) is 15.9 Å². The SMILES string of the molecule is COc1ccc(NC(=O)c2cc(C)on2)cc1S(=O)(=O)Nc1ccc(Br)cc1. The van der Waals surface area contributed by atoms with Gasteiger partial charge in [0.2, 0.25) is 0 Å². The van der Waals surface area contributed by atoms with E-state index in [0.29, 0.717) is 11.4 Å². The second-order valence-corrected chi connectivity index (χ2v) is 8.32. The molecule has 0 aliphatic rings. The molecule has 0 radical (unpaired) electrons. The topological polar surface area (TPSA) is 111 Å². The van der Waals surface area contributed by atoms with Crippen LogP contribution in [0.25, 0.3) is 0 Å². The summed E-state index contributed by atoms with van der Waals surface area (Å²) < 4.78 is 39.0. The van der Waals surface area contributed by atoms with E-state index in [1.54, 1.807) is 31.2 Å². The number of carbonyl (C=O) groups excluding carboxylic acids is 1. The molecule has 0 bridgehead atoms. The number of aromatic nitrogens is 1. The number of sulfonamides is 1. The highest BCUT2D eigenvalue weighted by molar-refractivity contribution is 9.10. The summed E-state index contributed by atoms with van der Waals surface area (Å²) in [6, 6.07) is 12.4. The lowest BCUT2D eigenvalue weighted by Crippen LogP contribution is -2.16. The molecule has 0 spiro atoms. The molecule has 0 fully saturated rings. The highest BCUT2D eigenvalue weighted by atomic mass is 79.9. The van der Waals surface area contributed by atoms with Gasteiger partial charge < -0.3 is 14.6 Å². The third-order valence-electron chi connectivity index (χ3n) is 3.67. The van der Waals surface area contributed by atoms with Gasteiger partial charge in [0.05, 0.1) is 7.11 Å². The van der Waals surface area contributed by atoms with E-state index in [1.807, 2.05) is 0 Å². The first-order valence-electron chi connectivity index (χ1n) is 7.99. The minimum absolute atomic E-state index is 0.0886. The Labute approximate surface area is 170 Å². The molecular weight excluding hydrogens is 450 g/mol. The Morgan fingerprint density at radius 3 is 2.39 bits per heavy atom. The van der Waals surface area contributed by atoms with Gasteiger partial charge in [-0.25, -0.2) is 8.42 Å². The Hall–Kier alpha value is -2.85. The maximum absolute atomic E-state index is 12.8. The Morgan fingerprint density at radius 2 is 1.79 bits per heavy atom. The van der Waals surface area contributed by atoms with Crippen LogP contribution >= 0.6 is 15.9 Å². The summed E-state index contributed by atoms with van der Waals surface area (Å²) in [6.45, 7) is 1.66. The van der Waals surface area contributed by atoms with Crippen LogP contribution in [0.15, 0.2) is 62.4 Å². The van der Waals surface area contributed by atoms with Crippen molar-refractivity contribution in [2.24, 2.45) is 0 Å². The molecule has 0 saturated heterocycles. The summed E-state index contributed by atoms with van der Waals surface area (Å²) >= 11 is 3.30. The van der Waals surface area contributed by atoms with Gasteiger partial charge in [-0.2, -0.15) is 0 Å². The smallest absolute Gasteiger partial charge is 0.277 e. The second kappa shape index (κ2) is 8.03. The van der Waals surface area contributed by atoms with Crippen molar-refractivity contribution in [3.8, 4) is 5.75 Å². The summed E-state index contributed by atoms with van der Waals surface area (Å²) in [4.78, 5) is 12.1. The predicted octanol–water partition coefficient (Wildman–Crippen LogP) is 3.81. The average Bonchev–Trinajstić information content (AvgIpc) is 3.10. The predicted molar refractivity (Wildman–Crippen MR) is 107 cm³/mol. The average molecular weight is 466 g/mol. The van der Waals surface area contributed by atoms with Crippen molar-refractivity contribution in [2.45, 2.75) is 11.8 Å². The van der Waals surface area contributed by atoms with Crippen LogP contribution in [0.1, 0.15) is 16.2 Å². The summed E-state index contributed by atoms with van der Waals surface area (Å²) in [5.41, 5.74) is 0.742. The number of benzene rings is 2. The standard InChI is InChI=1S/C18H16BrN3O5S/c1-11-9-15(21-27-11)18(23)20-14-7-8-16(26-2)17(10-14)28(24,25)22-13-5-3-12(19)4-6-13/h3-10,22H,1-2H3,(H,20,23). The zero-order valence-corrected chi connectivity index (χ0v) is 17.3. The third kappa shape index (κ3) is 4.52. The summed E-state index contributed by atoms with van der Waals surface area (Å²) in [5.74, 6) is 0.105. The van der Waals surface area contributed by atoms with Crippen LogP contribution in [0.5, 0.6) is 5.75 Å². The van der Waals surface area contributed by atoms with Crippen LogP contribution in [0, 0.1) is 6.92 Å². The molecular formula is C18H16BrN3O5S. The number of halogens is 1. The fraction of sp³-hybridized carbons (Fsp3) is 0.111. The van der Waals surface area contributed by atoms with Gasteiger partial charge in [0.15, 0.2) is 5.69 Å². The highest BCUT2D eigenvalue weighted by Crippen LogP contribution is 2.29. The van der Waals surface area contributed by atoms with Gasteiger partial charge in [-0.05, 0) is 49.4 Å². The fourth-order valence-corrected chi connectivity index (χ4v) is 3.88. The molecule has 10 heteroatoms. The van der Waals surface area contributed by atoms with Crippen LogP contribution in [-0.2, 0) is 10.0 Å². The summed E-state index contributed by atoms with van der Waals surface area (Å²) in [7, 11) is -2.60. The van der Waals surface area contributed by atoms with Gasteiger partial charge in [-0.3, -0.25) is 9.52 Å². The van der Waals surface area contributed by atoms with Gasteiger partial charge in [0.1, 0.15) is 16.4 Å². The van der Waals surface area contributed by atoms with E-state index >= 15 is 0 Å². The molecule has 0 aliphatic carbocycles. The quantitative estimate of drug-likeness (QED) is 0.572. The van der Waals surface area contributed by atoms with Gasteiger partial charge in [-0.15, -0.1) is 0 Å². The van der Waals surface area contributed by atoms with Crippen molar-refractivity contribution >= 4 is 43.2 Å². The van der Waals surface area contributed by atoms with Gasteiger partial charge >= 0.3 is 0 Å². The lowest BCUT2D eigenvalue weighted by atomic mass is 10.3. The molecule has 1 aromatic heterocycles. The van der Waals surface area contributed by atoms with Crippen molar-refractivity contribution in [3.63, 3.8) is 0 Å². The van der Waals surface area contributed by atoms with Crippen molar-refractivity contribution in [3.05, 3.63) is 64.5 Å². The Kier molecular flexibility index (Phi) is 5.71. The van der Waals surface area contributed by atoms with Crippen molar-refractivity contribution < 1.29 is 22.5 Å². The first kappa shape index (κ1) is 19.9. The number of carbonyl (C=O) groups is 1. The molecule has 146 valence electrons. The number of nitrogens with one attached hydrogen (secondary N) is 2. The Bertz CT molecular complexity index is 1110. The van der Waals surface area contributed by atoms with Crippen molar-refractivity contribution in [1.29, 1.82) is 0 Å². The van der Waals surface area contributed by atoms with E-state index in [-0.39, 0.29) is 22.0 Å². The van der Waals surface area contributed by atoms with Crippen molar-refractivity contribution in [2.75, 3.05) is 17.1 Å². The zero-order chi connectivity index (χ0) is 20.3. The molecule has 0 aliphatic heterocycles. The van der Waals surface area contributed by atoms with Crippen LogP contribution < -0.4 is 14.8 Å². The number of aryl methyl sites for hydroxylation is 1. The van der Waals surface area contributed by atoms with E-state index in [2.05, 4.69) is 31.1 Å². The number of amides is 1. The molecule has 1 amide bonds. The molecule has 0 atom stereocenters. The molecule has 8 nitrogen and oxygen atoms in total. The Morgan fingerprint density at radius 1 is 1.11 bits per heavy atom. The number of methoxy groups -OCH3 is 1. The minimum atomic E-state index is -3.96. The van der Waals surface area contributed by atoms with Gasteiger partial charge in [0, 0.05) is 21.9 Å². The van der Waals surface area contributed by atoms with E-state index in [1.165, 1.54) is 31.4 Å². The molecule has 3 rings (SSSR count). The summed E-state index contributed by atoms with van der Waals surface area (Å²) in [6.07, 6.45) is 0. The van der Waals surface area contributed by atoms with Crippen LogP contribution in [0.3, 0.4) is 0 Å². The molecule has 0 saturated carbocycles. The molecule has 0 unspecified atom stereocenters. The number of nitrogens with zero attached hydrogens (tertiary/aromatic N) is 1. The van der Waals surface area contributed by atoms with Crippen molar-refractivity contribution in [1.82, 2.24) is 5.16 Å². The first-order valence-corrected chi connectivity index (χ1v) is 10.3. The first-order chi connectivity index (χ1) is 13.3. The van der Waals surface area contributed by atoms with E-state index in [9.17, 15) is 13.2 Å².